The summed E-state index contributed by atoms with van der Waals surface area (Å²) in [7, 11) is 0. The predicted molar refractivity (Wildman–Crippen MR) is 86.7 cm³/mol. The minimum absolute atomic E-state index is 0.102. The van der Waals surface area contributed by atoms with Gasteiger partial charge in [-0.3, -0.25) is 0 Å². The fourth-order valence-electron chi connectivity index (χ4n) is 3.24. The van der Waals surface area contributed by atoms with Crippen molar-refractivity contribution >= 4 is 11.7 Å². The Kier molecular flexibility index (Phi) is 3.72. The van der Waals surface area contributed by atoms with Gasteiger partial charge in [0.05, 0.1) is 6.04 Å². The second-order valence-corrected chi connectivity index (χ2v) is 5.90. The molecule has 2 aromatic carbocycles. The topological polar surface area (TPSA) is 50.8 Å². The minimum Gasteiger partial charge on any atom is -0.454 e. The van der Waals surface area contributed by atoms with Crippen molar-refractivity contribution in [1.29, 1.82) is 0 Å². The van der Waals surface area contributed by atoms with Gasteiger partial charge in [-0.05, 0) is 42.7 Å². The normalized spacial score (nSPS) is 18.7. The van der Waals surface area contributed by atoms with E-state index in [1.807, 2.05) is 6.07 Å². The third-order valence-corrected chi connectivity index (χ3v) is 4.37. The van der Waals surface area contributed by atoms with Crippen LogP contribution in [0.1, 0.15) is 24.4 Å². The SMILES string of the molecule is O=C(Nc1ccc2c(c1)OCO2)N1CCCC1c1cccc(F)c1. The van der Waals surface area contributed by atoms with E-state index in [1.165, 1.54) is 12.1 Å². The van der Waals surface area contributed by atoms with Crippen molar-refractivity contribution in [3.05, 3.63) is 53.8 Å². The summed E-state index contributed by atoms with van der Waals surface area (Å²) in [6.07, 6.45) is 1.73. The zero-order chi connectivity index (χ0) is 16.5. The van der Waals surface area contributed by atoms with Gasteiger partial charge in [-0.2, -0.15) is 0 Å². The van der Waals surface area contributed by atoms with Gasteiger partial charge in [0, 0.05) is 18.3 Å². The van der Waals surface area contributed by atoms with Gasteiger partial charge in [-0.25, -0.2) is 9.18 Å². The lowest BCUT2D eigenvalue weighted by molar-refractivity contribution is 0.174. The summed E-state index contributed by atoms with van der Waals surface area (Å²) < 4.78 is 24.1. The summed E-state index contributed by atoms with van der Waals surface area (Å²) in [5.74, 6) is 1.01. The highest BCUT2D eigenvalue weighted by Crippen LogP contribution is 2.36. The quantitative estimate of drug-likeness (QED) is 0.909. The van der Waals surface area contributed by atoms with Crippen LogP contribution in [0.2, 0.25) is 0 Å². The number of halogens is 1. The second kappa shape index (κ2) is 6.03. The number of likely N-dealkylation sites (tertiary alicyclic amines) is 1. The van der Waals surface area contributed by atoms with Crippen molar-refractivity contribution in [2.45, 2.75) is 18.9 Å². The van der Waals surface area contributed by atoms with Crippen molar-refractivity contribution < 1.29 is 18.7 Å². The average molecular weight is 328 g/mol. The molecule has 0 saturated carbocycles. The first-order valence-electron chi connectivity index (χ1n) is 7.93. The van der Waals surface area contributed by atoms with Gasteiger partial charge in [0.2, 0.25) is 6.79 Å². The molecule has 2 amide bonds. The molecule has 1 unspecified atom stereocenters. The Morgan fingerprint density at radius 3 is 2.92 bits per heavy atom. The van der Waals surface area contributed by atoms with Crippen LogP contribution in [0, 0.1) is 5.82 Å². The van der Waals surface area contributed by atoms with E-state index < -0.39 is 0 Å². The number of carbonyl (C=O) groups excluding carboxylic acids is 1. The fourth-order valence-corrected chi connectivity index (χ4v) is 3.24. The zero-order valence-corrected chi connectivity index (χ0v) is 13.0. The molecule has 0 spiro atoms. The lowest BCUT2D eigenvalue weighted by Gasteiger charge is -2.25. The van der Waals surface area contributed by atoms with E-state index in [2.05, 4.69) is 5.32 Å². The molecule has 2 aromatic rings. The number of carbonyl (C=O) groups is 1. The number of urea groups is 1. The van der Waals surface area contributed by atoms with Gasteiger partial charge in [-0.15, -0.1) is 0 Å². The van der Waals surface area contributed by atoms with Gasteiger partial charge in [0.25, 0.3) is 0 Å². The minimum atomic E-state index is -0.282. The van der Waals surface area contributed by atoms with Crippen LogP contribution in [0.25, 0.3) is 0 Å². The number of ether oxygens (including phenoxy) is 2. The first-order chi connectivity index (χ1) is 11.7. The molecule has 1 N–H and O–H groups in total. The van der Waals surface area contributed by atoms with Crippen molar-refractivity contribution in [2.75, 3.05) is 18.7 Å². The van der Waals surface area contributed by atoms with Gasteiger partial charge >= 0.3 is 6.03 Å². The number of nitrogens with zero attached hydrogens (tertiary/aromatic N) is 1. The zero-order valence-electron chi connectivity index (χ0n) is 13.0. The van der Waals surface area contributed by atoms with Crippen LogP contribution >= 0.6 is 0 Å². The molecule has 1 fully saturated rings. The maximum atomic E-state index is 13.5. The largest absolute Gasteiger partial charge is 0.454 e. The van der Waals surface area contributed by atoms with Crippen LogP contribution in [0.15, 0.2) is 42.5 Å². The van der Waals surface area contributed by atoms with E-state index >= 15 is 0 Å². The van der Waals surface area contributed by atoms with E-state index in [9.17, 15) is 9.18 Å². The number of amides is 2. The summed E-state index contributed by atoms with van der Waals surface area (Å²) in [6, 6.07) is 11.4. The van der Waals surface area contributed by atoms with Crippen molar-refractivity contribution in [3.8, 4) is 11.5 Å². The van der Waals surface area contributed by atoms with E-state index in [4.69, 9.17) is 9.47 Å². The standard InChI is InChI=1S/C18H17FN2O3/c19-13-4-1-3-12(9-13)15-5-2-8-21(15)18(22)20-14-6-7-16-17(10-14)24-11-23-16/h1,3-4,6-7,9-10,15H,2,5,8,11H2,(H,20,22). The highest BCUT2D eigenvalue weighted by atomic mass is 19.1. The molecule has 0 bridgehead atoms. The Morgan fingerprint density at radius 2 is 2.04 bits per heavy atom. The fraction of sp³-hybridized carbons (Fsp3) is 0.278. The monoisotopic (exact) mass is 328 g/mol. The molecule has 2 heterocycles. The summed E-state index contributed by atoms with van der Waals surface area (Å²) in [6.45, 7) is 0.845. The lowest BCUT2D eigenvalue weighted by Crippen LogP contribution is -2.34. The summed E-state index contributed by atoms with van der Waals surface area (Å²) >= 11 is 0. The van der Waals surface area contributed by atoms with Crippen LogP contribution in [-0.2, 0) is 0 Å². The molecule has 5 nitrogen and oxygen atoms in total. The third kappa shape index (κ3) is 2.75. The number of fused-ring (bicyclic) bond motifs is 1. The second-order valence-electron chi connectivity index (χ2n) is 5.90. The van der Waals surface area contributed by atoms with Crippen molar-refractivity contribution in [1.82, 2.24) is 4.90 Å². The molecule has 0 aromatic heterocycles. The Labute approximate surface area is 139 Å². The molecule has 2 aliphatic heterocycles. The summed E-state index contributed by atoms with van der Waals surface area (Å²) in [5.41, 5.74) is 1.47. The molecule has 0 radical (unpaired) electrons. The number of benzene rings is 2. The molecule has 2 aliphatic rings. The van der Waals surface area contributed by atoms with Crippen molar-refractivity contribution in [2.24, 2.45) is 0 Å². The van der Waals surface area contributed by atoms with Crippen LogP contribution in [0.3, 0.4) is 0 Å². The molecular formula is C18H17FN2O3. The van der Waals surface area contributed by atoms with Crippen molar-refractivity contribution in [3.63, 3.8) is 0 Å². The number of anilines is 1. The molecular weight excluding hydrogens is 311 g/mol. The Balaban J connectivity index is 1.51. The first-order valence-corrected chi connectivity index (χ1v) is 7.93. The van der Waals surface area contributed by atoms with Gasteiger partial charge in [-0.1, -0.05) is 12.1 Å². The molecule has 24 heavy (non-hydrogen) atoms. The van der Waals surface area contributed by atoms with Gasteiger partial charge in [0.15, 0.2) is 11.5 Å². The maximum Gasteiger partial charge on any atom is 0.322 e. The van der Waals surface area contributed by atoms with Crippen LogP contribution in [0.5, 0.6) is 11.5 Å². The number of rotatable bonds is 2. The molecule has 1 atom stereocenters. The predicted octanol–water partition coefficient (Wildman–Crippen LogP) is 3.92. The van der Waals surface area contributed by atoms with E-state index in [0.29, 0.717) is 23.7 Å². The Hall–Kier alpha value is -2.76. The first kappa shape index (κ1) is 14.8. The number of hydrogen-bond donors (Lipinski definition) is 1. The van der Waals surface area contributed by atoms with Crippen LogP contribution < -0.4 is 14.8 Å². The summed E-state index contributed by atoms with van der Waals surface area (Å²) in [5, 5.41) is 2.89. The van der Waals surface area contributed by atoms with E-state index in [1.54, 1.807) is 29.2 Å². The molecule has 0 aliphatic carbocycles. The molecule has 4 rings (SSSR count). The maximum absolute atomic E-state index is 13.5. The smallest absolute Gasteiger partial charge is 0.322 e. The highest BCUT2D eigenvalue weighted by Gasteiger charge is 2.30. The third-order valence-electron chi connectivity index (χ3n) is 4.37. The Morgan fingerprint density at radius 1 is 1.17 bits per heavy atom. The lowest BCUT2D eigenvalue weighted by atomic mass is 10.0. The van der Waals surface area contributed by atoms with Crippen LogP contribution in [0.4, 0.5) is 14.9 Å². The molecule has 124 valence electrons. The van der Waals surface area contributed by atoms with E-state index in [0.717, 1.165) is 18.4 Å². The average Bonchev–Trinajstić information content (AvgIpc) is 3.23. The molecule has 1 saturated heterocycles. The van der Waals surface area contributed by atoms with Gasteiger partial charge < -0.3 is 19.7 Å². The molecule has 6 heteroatoms. The van der Waals surface area contributed by atoms with Gasteiger partial charge in [0.1, 0.15) is 5.82 Å². The van der Waals surface area contributed by atoms with Crippen LogP contribution in [-0.4, -0.2) is 24.3 Å². The summed E-state index contributed by atoms with van der Waals surface area (Å²) in [4.78, 5) is 14.4. The highest BCUT2D eigenvalue weighted by molar-refractivity contribution is 5.90. The van der Waals surface area contributed by atoms with E-state index in [-0.39, 0.29) is 24.7 Å². The number of nitrogens with one attached hydrogen (secondary N) is 1. The Bertz CT molecular complexity index is 781. The number of hydrogen-bond acceptors (Lipinski definition) is 3.